The maximum absolute atomic E-state index is 4.32. The van der Waals surface area contributed by atoms with Crippen molar-refractivity contribution in [3.05, 3.63) is 69.1 Å². The van der Waals surface area contributed by atoms with Gasteiger partial charge in [-0.1, -0.05) is 11.6 Å². The molecule has 0 unspecified atom stereocenters. The quantitative estimate of drug-likeness (QED) is 0.673. The fourth-order valence-electron chi connectivity index (χ4n) is 1.31. The van der Waals surface area contributed by atoms with Gasteiger partial charge in [-0.15, -0.1) is 35.9 Å². The van der Waals surface area contributed by atoms with Crippen molar-refractivity contribution in [2.24, 2.45) is 0 Å². The first-order chi connectivity index (χ1) is 6.38. The van der Waals surface area contributed by atoms with Gasteiger partial charge in [0.1, 0.15) is 0 Å². The van der Waals surface area contributed by atoms with Crippen LogP contribution in [0.25, 0.3) is 11.3 Å². The van der Waals surface area contributed by atoms with Crippen molar-refractivity contribution >= 4 is 0 Å². The Morgan fingerprint density at radius 2 is 1.81 bits per heavy atom. The molecule has 0 N–H and O–H groups in total. The summed E-state index contributed by atoms with van der Waals surface area (Å²) >= 11 is 0. The molecule has 0 aliphatic rings. The van der Waals surface area contributed by atoms with E-state index in [-0.39, 0.29) is 35.9 Å². The van der Waals surface area contributed by atoms with Crippen LogP contribution in [0.1, 0.15) is 5.56 Å². The van der Waals surface area contributed by atoms with Crippen LogP contribution in [0.5, 0.6) is 0 Å². The SMILES string of the molecule is Cc1cccnc1-c1[c-]cccc1.[CH3-].[CH3-].[Pt]. The Morgan fingerprint density at radius 3 is 2.38 bits per heavy atom. The van der Waals surface area contributed by atoms with Crippen LogP contribution in [-0.2, 0) is 21.1 Å². The fraction of sp³-hybridized carbons (Fsp3) is 0.0714. The summed E-state index contributed by atoms with van der Waals surface area (Å²) in [5, 5.41) is 0. The van der Waals surface area contributed by atoms with E-state index in [1.807, 2.05) is 36.5 Å². The predicted molar refractivity (Wildman–Crippen MR) is 66.1 cm³/mol. The third kappa shape index (κ3) is 3.90. The summed E-state index contributed by atoms with van der Waals surface area (Å²) in [6, 6.07) is 15.1. The average Bonchev–Trinajstić information content (AvgIpc) is 2.20. The smallest absolute Gasteiger partial charge is 0.0160 e. The Hall–Kier alpha value is -0.942. The van der Waals surface area contributed by atoms with Gasteiger partial charge in [0.05, 0.1) is 0 Å². The standard InChI is InChI=1S/C12H10N.2CH3.Pt/c1-10-6-5-9-13-12(10)11-7-3-2-4-8-11;;;/h2-7,9H,1H3;2*1H3;/q3*-1;. The fourth-order valence-corrected chi connectivity index (χ4v) is 1.31. The molecule has 0 fully saturated rings. The topological polar surface area (TPSA) is 12.9 Å². The summed E-state index contributed by atoms with van der Waals surface area (Å²) in [4.78, 5) is 4.32. The van der Waals surface area contributed by atoms with E-state index in [0.717, 1.165) is 11.3 Å². The first kappa shape index (κ1) is 17.5. The molecule has 2 rings (SSSR count). The number of aromatic nitrogens is 1. The summed E-state index contributed by atoms with van der Waals surface area (Å²) in [7, 11) is 0. The number of rotatable bonds is 1. The summed E-state index contributed by atoms with van der Waals surface area (Å²) in [6.07, 6.45) is 1.81. The van der Waals surface area contributed by atoms with Crippen LogP contribution in [0, 0.1) is 27.8 Å². The number of hydrogen-bond acceptors (Lipinski definition) is 1. The van der Waals surface area contributed by atoms with Gasteiger partial charge in [-0.2, -0.15) is 0 Å². The Morgan fingerprint density at radius 1 is 1.06 bits per heavy atom. The molecule has 1 nitrogen and oxygen atoms in total. The van der Waals surface area contributed by atoms with Gasteiger partial charge in [-0.3, -0.25) is 0 Å². The molecule has 2 aromatic rings. The predicted octanol–water partition coefficient (Wildman–Crippen LogP) is 3.76. The van der Waals surface area contributed by atoms with Gasteiger partial charge in [-0.05, 0) is 18.7 Å². The molecule has 0 aliphatic heterocycles. The van der Waals surface area contributed by atoms with Gasteiger partial charge >= 0.3 is 0 Å². The van der Waals surface area contributed by atoms with Crippen LogP contribution in [0.3, 0.4) is 0 Å². The molecule has 1 heterocycles. The van der Waals surface area contributed by atoms with Gasteiger partial charge in [-0.25, -0.2) is 0 Å². The molecule has 0 amide bonds. The summed E-state index contributed by atoms with van der Waals surface area (Å²) in [6.45, 7) is 2.06. The van der Waals surface area contributed by atoms with E-state index < -0.39 is 0 Å². The summed E-state index contributed by atoms with van der Waals surface area (Å²) < 4.78 is 0. The Labute approximate surface area is 113 Å². The van der Waals surface area contributed by atoms with Crippen molar-refractivity contribution in [1.82, 2.24) is 4.98 Å². The minimum absolute atomic E-state index is 0. The minimum atomic E-state index is 0. The number of hydrogen-bond donors (Lipinski definition) is 0. The first-order valence-electron chi connectivity index (χ1n) is 4.26. The number of benzene rings is 1. The van der Waals surface area contributed by atoms with Gasteiger partial charge in [0.15, 0.2) is 0 Å². The zero-order chi connectivity index (χ0) is 9.10. The average molecular weight is 393 g/mol. The van der Waals surface area contributed by atoms with E-state index in [9.17, 15) is 0 Å². The third-order valence-electron chi connectivity index (χ3n) is 1.97. The molecule has 1 aromatic carbocycles. The van der Waals surface area contributed by atoms with Crippen LogP contribution < -0.4 is 0 Å². The van der Waals surface area contributed by atoms with Crippen LogP contribution in [0.2, 0.25) is 0 Å². The molecule has 0 bridgehead atoms. The van der Waals surface area contributed by atoms with Crippen molar-refractivity contribution in [2.45, 2.75) is 6.92 Å². The maximum atomic E-state index is 4.32. The molecule has 1 aromatic heterocycles. The van der Waals surface area contributed by atoms with Gasteiger partial charge in [0.2, 0.25) is 0 Å². The second-order valence-electron chi connectivity index (χ2n) is 2.95. The second kappa shape index (κ2) is 8.24. The molecular formula is C14H16NPt-3. The zero-order valence-corrected chi connectivity index (χ0v) is 12.1. The Kier molecular flexibility index (Phi) is 8.99. The third-order valence-corrected chi connectivity index (χ3v) is 1.97. The van der Waals surface area contributed by atoms with E-state index in [1.54, 1.807) is 0 Å². The van der Waals surface area contributed by atoms with Crippen molar-refractivity contribution in [3.8, 4) is 11.3 Å². The van der Waals surface area contributed by atoms with Crippen LogP contribution in [0.4, 0.5) is 0 Å². The molecule has 90 valence electrons. The Bertz CT molecular complexity index is 398. The van der Waals surface area contributed by atoms with E-state index in [0.29, 0.717) is 0 Å². The molecule has 16 heavy (non-hydrogen) atoms. The zero-order valence-electron chi connectivity index (χ0n) is 9.80. The molecule has 0 atom stereocenters. The van der Waals surface area contributed by atoms with Crippen molar-refractivity contribution in [2.75, 3.05) is 0 Å². The van der Waals surface area contributed by atoms with E-state index >= 15 is 0 Å². The molecule has 0 saturated carbocycles. The first-order valence-corrected chi connectivity index (χ1v) is 4.26. The van der Waals surface area contributed by atoms with Gasteiger partial charge < -0.3 is 19.8 Å². The minimum Gasteiger partial charge on any atom is -0.358 e. The summed E-state index contributed by atoms with van der Waals surface area (Å²) in [5.74, 6) is 0. The largest absolute Gasteiger partial charge is 0.358 e. The maximum Gasteiger partial charge on any atom is 0.0160 e. The monoisotopic (exact) mass is 393 g/mol. The molecule has 0 spiro atoms. The molecule has 0 radical (unpaired) electrons. The molecule has 0 saturated heterocycles. The summed E-state index contributed by atoms with van der Waals surface area (Å²) in [5.41, 5.74) is 3.26. The number of nitrogens with zero attached hydrogens (tertiary/aromatic N) is 1. The van der Waals surface area contributed by atoms with E-state index in [2.05, 4.69) is 24.0 Å². The molecule has 2 heteroatoms. The van der Waals surface area contributed by atoms with Crippen molar-refractivity contribution in [3.63, 3.8) is 0 Å². The van der Waals surface area contributed by atoms with Crippen LogP contribution in [-0.4, -0.2) is 4.98 Å². The van der Waals surface area contributed by atoms with Crippen molar-refractivity contribution in [1.29, 1.82) is 0 Å². The van der Waals surface area contributed by atoms with Crippen molar-refractivity contribution < 1.29 is 21.1 Å². The van der Waals surface area contributed by atoms with E-state index in [1.165, 1.54) is 5.56 Å². The van der Waals surface area contributed by atoms with E-state index in [4.69, 9.17) is 0 Å². The van der Waals surface area contributed by atoms with Crippen LogP contribution >= 0.6 is 0 Å². The van der Waals surface area contributed by atoms with Gasteiger partial charge in [0, 0.05) is 27.3 Å². The molecular weight excluding hydrogens is 377 g/mol. The Balaban J connectivity index is 0. The number of pyridine rings is 1. The number of aryl methyl sites for hydroxylation is 1. The molecule has 0 aliphatic carbocycles. The second-order valence-corrected chi connectivity index (χ2v) is 2.95. The normalized spacial score (nSPS) is 8.06. The van der Waals surface area contributed by atoms with Gasteiger partial charge in [0.25, 0.3) is 0 Å². The van der Waals surface area contributed by atoms with Crippen LogP contribution in [0.15, 0.2) is 42.6 Å².